The van der Waals surface area contributed by atoms with E-state index in [0.29, 0.717) is 17.9 Å². The molecule has 31 heavy (non-hydrogen) atoms. The molecular weight excluding hydrogens is 423 g/mol. The number of carboxylic acid groups (broad SMARTS) is 1. The number of rotatable bonds is 5. The smallest absolute Gasteiger partial charge is 0.335 e. The van der Waals surface area contributed by atoms with E-state index in [9.17, 15) is 22.7 Å². The van der Waals surface area contributed by atoms with Crippen LogP contribution < -0.4 is 4.72 Å². The highest BCUT2D eigenvalue weighted by Gasteiger charge is 2.22. The summed E-state index contributed by atoms with van der Waals surface area (Å²) in [5, 5.41) is 17.5. The van der Waals surface area contributed by atoms with E-state index in [1.54, 1.807) is 6.92 Å². The summed E-state index contributed by atoms with van der Waals surface area (Å²) in [4.78, 5) is 11.1. The molecule has 0 spiro atoms. The zero-order chi connectivity index (χ0) is 22.2. The lowest BCUT2D eigenvalue weighted by atomic mass is 10.1. The van der Waals surface area contributed by atoms with Crippen molar-refractivity contribution in [1.29, 1.82) is 0 Å². The molecule has 10 heteroatoms. The summed E-state index contributed by atoms with van der Waals surface area (Å²) in [5.41, 5.74) is 0.541. The van der Waals surface area contributed by atoms with Gasteiger partial charge in [-0.1, -0.05) is 12.5 Å². The zero-order valence-corrected chi connectivity index (χ0v) is 17.6. The number of aryl methyl sites for hydroxylation is 2. The Morgan fingerprint density at radius 1 is 1.13 bits per heavy atom. The van der Waals surface area contributed by atoms with Crippen molar-refractivity contribution in [1.82, 2.24) is 14.8 Å². The van der Waals surface area contributed by atoms with Gasteiger partial charge in [0.05, 0.1) is 16.0 Å². The quantitative estimate of drug-likeness (QED) is 0.621. The minimum absolute atomic E-state index is 0.141. The summed E-state index contributed by atoms with van der Waals surface area (Å²) in [7, 11) is -4.10. The predicted octanol–water partition coefficient (Wildman–Crippen LogP) is 3.62. The molecule has 0 bridgehead atoms. The van der Waals surface area contributed by atoms with Crippen molar-refractivity contribution in [3.8, 4) is 11.4 Å². The summed E-state index contributed by atoms with van der Waals surface area (Å²) in [6.07, 6.45) is 3.75. The number of hydrogen-bond acceptors (Lipinski definition) is 5. The Labute approximate surface area is 178 Å². The molecule has 162 valence electrons. The molecule has 4 rings (SSSR count). The number of fused-ring (bicyclic) bond motifs is 1. The average Bonchev–Trinajstić information content (AvgIpc) is 2.97. The number of halogens is 1. The molecular formula is C21H21FN4O4S. The number of hydrogen-bond donors (Lipinski definition) is 2. The van der Waals surface area contributed by atoms with Crippen molar-refractivity contribution in [2.75, 3.05) is 4.72 Å². The maximum absolute atomic E-state index is 14.6. The lowest BCUT2D eigenvalue weighted by Gasteiger charge is -2.13. The highest BCUT2D eigenvalue weighted by atomic mass is 32.2. The molecule has 0 fully saturated rings. The van der Waals surface area contributed by atoms with Crippen LogP contribution in [0.3, 0.4) is 0 Å². The Kier molecular flexibility index (Phi) is 5.48. The fourth-order valence-corrected chi connectivity index (χ4v) is 5.00. The monoisotopic (exact) mass is 444 g/mol. The van der Waals surface area contributed by atoms with Gasteiger partial charge >= 0.3 is 5.97 Å². The van der Waals surface area contributed by atoms with Gasteiger partial charge in [-0.2, -0.15) is 0 Å². The normalized spacial score (nSPS) is 14.0. The van der Waals surface area contributed by atoms with Crippen LogP contribution in [-0.2, 0) is 23.0 Å². The minimum atomic E-state index is -4.10. The molecule has 2 heterocycles. The largest absolute Gasteiger partial charge is 0.478 e. The van der Waals surface area contributed by atoms with Gasteiger partial charge in [0, 0.05) is 18.7 Å². The first kappa shape index (κ1) is 21.0. The molecule has 2 N–H and O–H groups in total. The molecule has 0 atom stereocenters. The van der Waals surface area contributed by atoms with Crippen molar-refractivity contribution >= 4 is 21.7 Å². The predicted molar refractivity (Wildman–Crippen MR) is 112 cm³/mol. The van der Waals surface area contributed by atoms with Crippen LogP contribution in [0.1, 0.15) is 41.0 Å². The van der Waals surface area contributed by atoms with E-state index in [1.165, 1.54) is 30.3 Å². The first-order valence-electron chi connectivity index (χ1n) is 9.85. The van der Waals surface area contributed by atoms with E-state index in [-0.39, 0.29) is 21.7 Å². The number of nitrogens with zero attached hydrogens (tertiary/aromatic N) is 3. The second kappa shape index (κ2) is 8.10. The number of anilines is 1. The Morgan fingerprint density at radius 2 is 1.94 bits per heavy atom. The minimum Gasteiger partial charge on any atom is -0.478 e. The maximum Gasteiger partial charge on any atom is 0.335 e. The molecule has 1 aliphatic heterocycles. The summed E-state index contributed by atoms with van der Waals surface area (Å²) in [6.45, 7) is 2.25. The molecule has 0 unspecified atom stereocenters. The summed E-state index contributed by atoms with van der Waals surface area (Å²) < 4.78 is 44.8. The Hall–Kier alpha value is -3.27. The molecule has 0 saturated heterocycles. The highest BCUT2D eigenvalue weighted by Crippen LogP contribution is 2.29. The molecule has 0 amide bonds. The lowest BCUT2D eigenvalue weighted by Crippen LogP contribution is -2.15. The van der Waals surface area contributed by atoms with E-state index in [4.69, 9.17) is 0 Å². The summed E-state index contributed by atoms with van der Waals surface area (Å²) in [6, 6.07) is 7.73. The third-order valence-corrected chi connectivity index (χ3v) is 6.82. The fraction of sp³-hybridized carbons (Fsp3) is 0.286. The van der Waals surface area contributed by atoms with Gasteiger partial charge in [0.25, 0.3) is 10.0 Å². The molecule has 0 aliphatic carbocycles. The van der Waals surface area contributed by atoms with Gasteiger partial charge in [-0.05, 0) is 55.7 Å². The van der Waals surface area contributed by atoms with Gasteiger partial charge in [0.15, 0.2) is 5.82 Å². The third kappa shape index (κ3) is 4.15. The Morgan fingerprint density at radius 3 is 2.71 bits per heavy atom. The number of carboxylic acids is 1. The number of sulfonamides is 1. The Bertz CT molecular complexity index is 1270. The summed E-state index contributed by atoms with van der Waals surface area (Å²) >= 11 is 0. The lowest BCUT2D eigenvalue weighted by molar-refractivity contribution is 0.0696. The summed E-state index contributed by atoms with van der Waals surface area (Å²) in [5.74, 6) is -0.613. The van der Waals surface area contributed by atoms with Crippen molar-refractivity contribution in [2.24, 2.45) is 0 Å². The SMILES string of the molecule is Cc1ccc(C(=O)O)cc1S(=O)(=O)Nc1ccc(F)c(-c2nnc3n2CCCCC3)c1. The fourth-order valence-electron chi connectivity index (χ4n) is 3.68. The van der Waals surface area contributed by atoms with Crippen molar-refractivity contribution in [2.45, 2.75) is 44.0 Å². The van der Waals surface area contributed by atoms with Crippen molar-refractivity contribution in [3.05, 3.63) is 59.2 Å². The van der Waals surface area contributed by atoms with Gasteiger partial charge in [0.2, 0.25) is 0 Å². The van der Waals surface area contributed by atoms with Crippen LogP contribution in [0.4, 0.5) is 10.1 Å². The average molecular weight is 444 g/mol. The van der Waals surface area contributed by atoms with Crippen LogP contribution in [0.15, 0.2) is 41.3 Å². The molecule has 0 radical (unpaired) electrons. The molecule has 8 nitrogen and oxygen atoms in total. The van der Waals surface area contributed by atoms with Crippen LogP contribution in [0.2, 0.25) is 0 Å². The van der Waals surface area contributed by atoms with Crippen LogP contribution in [0, 0.1) is 12.7 Å². The van der Waals surface area contributed by atoms with Crippen molar-refractivity contribution < 1.29 is 22.7 Å². The third-order valence-electron chi connectivity index (χ3n) is 5.29. The molecule has 1 aliphatic rings. The second-order valence-corrected chi connectivity index (χ2v) is 9.14. The molecule has 0 saturated carbocycles. The molecule has 1 aromatic heterocycles. The van der Waals surface area contributed by atoms with Gasteiger partial charge in [-0.25, -0.2) is 17.6 Å². The van der Waals surface area contributed by atoms with Gasteiger partial charge in [-0.15, -0.1) is 10.2 Å². The number of carbonyl (C=O) groups is 1. The van der Waals surface area contributed by atoms with E-state index in [1.807, 2.05) is 4.57 Å². The Balaban J connectivity index is 1.71. The van der Waals surface area contributed by atoms with E-state index in [0.717, 1.165) is 37.6 Å². The molecule has 3 aromatic rings. The van der Waals surface area contributed by atoms with E-state index >= 15 is 0 Å². The highest BCUT2D eigenvalue weighted by molar-refractivity contribution is 7.92. The first-order chi connectivity index (χ1) is 14.8. The maximum atomic E-state index is 14.6. The van der Waals surface area contributed by atoms with Gasteiger partial charge in [0.1, 0.15) is 11.6 Å². The van der Waals surface area contributed by atoms with E-state index in [2.05, 4.69) is 14.9 Å². The number of benzene rings is 2. The number of aromatic nitrogens is 3. The van der Waals surface area contributed by atoms with Crippen LogP contribution in [-0.4, -0.2) is 34.3 Å². The first-order valence-corrected chi connectivity index (χ1v) is 11.3. The van der Waals surface area contributed by atoms with E-state index < -0.39 is 21.8 Å². The van der Waals surface area contributed by atoms with Crippen LogP contribution in [0.5, 0.6) is 0 Å². The van der Waals surface area contributed by atoms with Crippen LogP contribution >= 0.6 is 0 Å². The topological polar surface area (TPSA) is 114 Å². The number of aromatic carboxylic acids is 1. The van der Waals surface area contributed by atoms with Gasteiger partial charge < -0.3 is 9.67 Å². The van der Waals surface area contributed by atoms with Crippen LogP contribution in [0.25, 0.3) is 11.4 Å². The second-order valence-electron chi connectivity index (χ2n) is 7.49. The standard InChI is InChI=1S/C21H21FN4O4S/c1-13-6-7-14(21(27)28)11-18(13)31(29,30)25-15-8-9-17(22)16(12-15)20-24-23-19-5-3-2-4-10-26(19)20/h6-9,11-12,25H,2-5,10H2,1H3,(H,27,28). The van der Waals surface area contributed by atoms with Crippen molar-refractivity contribution in [3.63, 3.8) is 0 Å². The molecule has 2 aromatic carbocycles. The van der Waals surface area contributed by atoms with Gasteiger partial charge in [-0.3, -0.25) is 4.72 Å². The zero-order valence-electron chi connectivity index (χ0n) is 16.8. The number of nitrogens with one attached hydrogen (secondary N) is 1.